The van der Waals surface area contributed by atoms with Crippen LogP contribution in [-0.2, 0) is 6.54 Å². The van der Waals surface area contributed by atoms with Crippen LogP contribution in [0.4, 0.5) is 0 Å². The van der Waals surface area contributed by atoms with Crippen LogP contribution in [0.3, 0.4) is 0 Å². The maximum absolute atomic E-state index is 6.06. The first-order valence-electron chi connectivity index (χ1n) is 4.58. The van der Waals surface area contributed by atoms with Gasteiger partial charge in [0.1, 0.15) is 0 Å². The highest BCUT2D eigenvalue weighted by molar-refractivity contribution is 6.32. The monoisotopic (exact) mass is 222 g/mol. The second kappa shape index (κ2) is 4.00. The Morgan fingerprint density at radius 2 is 2.27 bits per heavy atom. The zero-order valence-corrected chi connectivity index (χ0v) is 9.07. The molecule has 0 spiro atoms. The van der Waals surface area contributed by atoms with Crippen LogP contribution in [0.5, 0.6) is 0 Å². The largest absolute Gasteiger partial charge is 0.325 e. The zero-order valence-electron chi connectivity index (χ0n) is 8.31. The Kier molecular flexibility index (Phi) is 2.70. The van der Waals surface area contributed by atoms with Gasteiger partial charge >= 0.3 is 0 Å². The standard InChI is InChI=1S/C10H11ClN4/c1-7-2-3-9(11)10(4-7)15-6-8(5-12)13-14-15/h2-4,6H,5,12H2,1H3. The van der Waals surface area contributed by atoms with Crippen molar-refractivity contribution in [2.24, 2.45) is 5.73 Å². The third-order valence-corrected chi connectivity index (χ3v) is 2.42. The van der Waals surface area contributed by atoms with E-state index in [1.807, 2.05) is 25.1 Å². The van der Waals surface area contributed by atoms with Crippen LogP contribution >= 0.6 is 11.6 Å². The van der Waals surface area contributed by atoms with Gasteiger partial charge in [-0.25, -0.2) is 4.68 Å². The minimum atomic E-state index is 0.378. The molecule has 1 aromatic heterocycles. The Morgan fingerprint density at radius 3 is 2.93 bits per heavy atom. The molecule has 2 aromatic rings. The number of aromatic nitrogens is 3. The summed E-state index contributed by atoms with van der Waals surface area (Å²) in [6.45, 7) is 2.38. The van der Waals surface area contributed by atoms with Gasteiger partial charge in [0.2, 0.25) is 0 Å². The van der Waals surface area contributed by atoms with Gasteiger partial charge in [0.15, 0.2) is 0 Å². The second-order valence-corrected chi connectivity index (χ2v) is 3.72. The summed E-state index contributed by atoms with van der Waals surface area (Å²) >= 11 is 6.06. The maximum atomic E-state index is 6.06. The predicted octanol–water partition coefficient (Wildman–Crippen LogP) is 1.69. The van der Waals surface area contributed by atoms with E-state index in [9.17, 15) is 0 Å². The lowest BCUT2D eigenvalue weighted by Gasteiger charge is -2.03. The van der Waals surface area contributed by atoms with Crippen LogP contribution in [0.25, 0.3) is 5.69 Å². The molecule has 0 aliphatic heterocycles. The number of rotatable bonds is 2. The Balaban J connectivity index is 2.48. The first kappa shape index (κ1) is 10.1. The van der Waals surface area contributed by atoms with E-state index in [0.717, 1.165) is 16.9 Å². The normalized spacial score (nSPS) is 10.6. The van der Waals surface area contributed by atoms with Gasteiger partial charge in [0, 0.05) is 6.54 Å². The van der Waals surface area contributed by atoms with Crippen molar-refractivity contribution in [1.82, 2.24) is 15.0 Å². The molecule has 0 amide bonds. The third-order valence-electron chi connectivity index (χ3n) is 2.10. The van der Waals surface area contributed by atoms with Crippen LogP contribution in [-0.4, -0.2) is 15.0 Å². The van der Waals surface area contributed by atoms with Gasteiger partial charge in [0.25, 0.3) is 0 Å². The molecule has 78 valence electrons. The highest BCUT2D eigenvalue weighted by atomic mass is 35.5. The fourth-order valence-electron chi connectivity index (χ4n) is 1.31. The van der Waals surface area contributed by atoms with Gasteiger partial charge < -0.3 is 5.73 Å². The van der Waals surface area contributed by atoms with Crippen LogP contribution in [0.1, 0.15) is 11.3 Å². The Labute approximate surface area is 92.7 Å². The van der Waals surface area contributed by atoms with Gasteiger partial charge in [-0.2, -0.15) is 0 Å². The van der Waals surface area contributed by atoms with Crippen molar-refractivity contribution in [2.45, 2.75) is 13.5 Å². The van der Waals surface area contributed by atoms with Crippen molar-refractivity contribution in [1.29, 1.82) is 0 Å². The lowest BCUT2D eigenvalue weighted by molar-refractivity contribution is 0.796. The number of aryl methyl sites for hydroxylation is 1. The van der Waals surface area contributed by atoms with E-state index in [4.69, 9.17) is 17.3 Å². The molecule has 0 atom stereocenters. The summed E-state index contributed by atoms with van der Waals surface area (Å²) in [4.78, 5) is 0. The van der Waals surface area contributed by atoms with E-state index >= 15 is 0 Å². The number of nitrogens with zero attached hydrogens (tertiary/aromatic N) is 3. The first-order valence-corrected chi connectivity index (χ1v) is 4.96. The minimum absolute atomic E-state index is 0.378. The summed E-state index contributed by atoms with van der Waals surface area (Å²) in [6, 6.07) is 5.75. The van der Waals surface area contributed by atoms with E-state index in [0.29, 0.717) is 11.6 Å². The minimum Gasteiger partial charge on any atom is -0.325 e. The van der Waals surface area contributed by atoms with Crippen LogP contribution < -0.4 is 5.73 Å². The van der Waals surface area contributed by atoms with Crippen LogP contribution in [0.2, 0.25) is 5.02 Å². The zero-order chi connectivity index (χ0) is 10.8. The lowest BCUT2D eigenvalue weighted by Crippen LogP contribution is -1.97. The highest BCUT2D eigenvalue weighted by Crippen LogP contribution is 2.20. The van der Waals surface area contributed by atoms with Crippen molar-refractivity contribution in [3.05, 3.63) is 40.7 Å². The molecule has 4 nitrogen and oxygen atoms in total. The van der Waals surface area contributed by atoms with Gasteiger partial charge in [0.05, 0.1) is 22.6 Å². The summed E-state index contributed by atoms with van der Waals surface area (Å²) in [5.74, 6) is 0. The molecule has 15 heavy (non-hydrogen) atoms. The summed E-state index contributed by atoms with van der Waals surface area (Å²) < 4.78 is 1.64. The number of halogens is 1. The van der Waals surface area contributed by atoms with Gasteiger partial charge in [-0.1, -0.05) is 22.9 Å². The summed E-state index contributed by atoms with van der Waals surface area (Å²) in [5, 5.41) is 8.52. The number of hydrogen-bond donors (Lipinski definition) is 1. The third kappa shape index (κ3) is 2.00. The summed E-state index contributed by atoms with van der Waals surface area (Å²) in [6.07, 6.45) is 1.78. The van der Waals surface area contributed by atoms with Crippen LogP contribution in [0.15, 0.2) is 24.4 Å². The highest BCUT2D eigenvalue weighted by Gasteiger charge is 2.05. The molecule has 1 heterocycles. The Hall–Kier alpha value is -1.39. The van der Waals surface area contributed by atoms with Gasteiger partial charge in [-0.3, -0.25) is 0 Å². The number of benzene rings is 1. The van der Waals surface area contributed by atoms with Gasteiger partial charge in [-0.15, -0.1) is 5.10 Å². The van der Waals surface area contributed by atoms with E-state index in [-0.39, 0.29) is 0 Å². The molecule has 0 aliphatic rings. The lowest BCUT2D eigenvalue weighted by atomic mass is 10.2. The molecule has 1 aromatic carbocycles. The van der Waals surface area contributed by atoms with E-state index in [1.165, 1.54) is 0 Å². The summed E-state index contributed by atoms with van der Waals surface area (Å²) in [5.41, 5.74) is 8.15. The van der Waals surface area contributed by atoms with Crippen molar-refractivity contribution >= 4 is 11.6 Å². The molecule has 0 unspecified atom stereocenters. The number of nitrogens with two attached hydrogens (primary N) is 1. The molecular formula is C10H11ClN4. The average molecular weight is 223 g/mol. The fourth-order valence-corrected chi connectivity index (χ4v) is 1.51. The van der Waals surface area contributed by atoms with Crippen molar-refractivity contribution in [3.63, 3.8) is 0 Å². The molecule has 0 aliphatic carbocycles. The molecule has 0 bridgehead atoms. The molecule has 0 saturated carbocycles. The van der Waals surface area contributed by atoms with E-state index in [1.54, 1.807) is 10.9 Å². The second-order valence-electron chi connectivity index (χ2n) is 3.31. The molecular weight excluding hydrogens is 212 g/mol. The summed E-state index contributed by atoms with van der Waals surface area (Å²) in [7, 11) is 0. The van der Waals surface area contributed by atoms with Crippen LogP contribution in [0, 0.1) is 6.92 Å². The molecule has 0 fully saturated rings. The van der Waals surface area contributed by atoms with Crippen molar-refractivity contribution < 1.29 is 0 Å². The average Bonchev–Trinajstić information content (AvgIpc) is 2.70. The predicted molar refractivity (Wildman–Crippen MR) is 59.0 cm³/mol. The molecule has 0 radical (unpaired) electrons. The molecule has 2 N–H and O–H groups in total. The van der Waals surface area contributed by atoms with Crippen molar-refractivity contribution in [2.75, 3.05) is 0 Å². The van der Waals surface area contributed by atoms with Crippen molar-refractivity contribution in [3.8, 4) is 5.69 Å². The van der Waals surface area contributed by atoms with E-state index in [2.05, 4.69) is 10.3 Å². The molecule has 2 rings (SSSR count). The maximum Gasteiger partial charge on any atom is 0.0967 e. The van der Waals surface area contributed by atoms with Gasteiger partial charge in [-0.05, 0) is 24.6 Å². The SMILES string of the molecule is Cc1ccc(Cl)c(-n2cc(CN)nn2)c1. The smallest absolute Gasteiger partial charge is 0.0967 e. The fraction of sp³-hybridized carbons (Fsp3) is 0.200. The quantitative estimate of drug-likeness (QED) is 0.841. The topological polar surface area (TPSA) is 56.7 Å². The Morgan fingerprint density at radius 1 is 1.47 bits per heavy atom. The van der Waals surface area contributed by atoms with E-state index < -0.39 is 0 Å². The molecule has 5 heteroatoms. The Bertz CT molecular complexity index is 478. The number of hydrogen-bond acceptors (Lipinski definition) is 3. The first-order chi connectivity index (χ1) is 7.20. The molecule has 0 saturated heterocycles.